The number of fused-ring (bicyclic) bond motifs is 1. The monoisotopic (exact) mass is 538 g/mol. The molecular weight excluding hydrogens is 508 g/mol. The fraction of sp³-hybridized carbons (Fsp3) is 0.321. The van der Waals surface area contributed by atoms with Crippen molar-refractivity contribution < 1.29 is 28.5 Å². The number of aromatic nitrogens is 1. The number of carbonyl (C=O) groups is 1. The van der Waals surface area contributed by atoms with Gasteiger partial charge >= 0.3 is 5.97 Å². The van der Waals surface area contributed by atoms with Gasteiger partial charge in [0.05, 0.1) is 56.9 Å². The van der Waals surface area contributed by atoms with E-state index in [2.05, 4.69) is 4.99 Å². The van der Waals surface area contributed by atoms with Crippen LogP contribution in [0.5, 0.6) is 23.0 Å². The zero-order valence-electron chi connectivity index (χ0n) is 22.4. The summed E-state index contributed by atoms with van der Waals surface area (Å²) in [5.74, 6) is 1.37. The lowest BCUT2D eigenvalue weighted by Gasteiger charge is -2.26. The summed E-state index contributed by atoms with van der Waals surface area (Å²) in [6.45, 7) is 5.59. The third-order valence-electron chi connectivity index (χ3n) is 6.25. The summed E-state index contributed by atoms with van der Waals surface area (Å²) in [7, 11) is 6.14. The molecule has 1 atom stereocenters. The van der Waals surface area contributed by atoms with Gasteiger partial charge in [0.15, 0.2) is 16.3 Å². The molecule has 0 bridgehead atoms. The normalized spacial score (nSPS) is 15.0. The van der Waals surface area contributed by atoms with Crippen LogP contribution in [0.25, 0.3) is 6.08 Å². The minimum absolute atomic E-state index is 0.178. The maximum Gasteiger partial charge on any atom is 0.338 e. The van der Waals surface area contributed by atoms with Gasteiger partial charge in [0.25, 0.3) is 5.56 Å². The molecule has 1 aliphatic rings. The first-order chi connectivity index (χ1) is 18.3. The average Bonchev–Trinajstić information content (AvgIpc) is 3.21. The first-order valence-corrected chi connectivity index (χ1v) is 12.7. The Morgan fingerprint density at radius 2 is 1.66 bits per heavy atom. The Labute approximate surface area is 224 Å². The van der Waals surface area contributed by atoms with E-state index in [1.165, 1.54) is 37.2 Å². The van der Waals surface area contributed by atoms with E-state index in [0.29, 0.717) is 37.8 Å². The summed E-state index contributed by atoms with van der Waals surface area (Å²) in [5, 5.41) is 0. The van der Waals surface area contributed by atoms with Gasteiger partial charge in [0, 0.05) is 0 Å². The minimum atomic E-state index is -0.825. The van der Waals surface area contributed by atoms with Crippen molar-refractivity contribution in [2.24, 2.45) is 4.99 Å². The van der Waals surface area contributed by atoms with Gasteiger partial charge < -0.3 is 23.7 Å². The molecule has 0 fully saturated rings. The van der Waals surface area contributed by atoms with Crippen LogP contribution < -0.4 is 33.8 Å². The molecule has 0 radical (unpaired) electrons. The summed E-state index contributed by atoms with van der Waals surface area (Å²) < 4.78 is 29.4. The Kier molecular flexibility index (Phi) is 7.91. The number of thiazole rings is 1. The first kappa shape index (κ1) is 27.0. The van der Waals surface area contributed by atoms with Gasteiger partial charge in [-0.15, -0.1) is 0 Å². The fourth-order valence-corrected chi connectivity index (χ4v) is 5.49. The standard InChI is InChI=1S/C28H30N2O7S/c1-8-37-27(32)23-16(3)29-28-30(24(23)18-13-20(34-5)25(36-7)21(14-18)35-6)26(31)22(38-28)12-17-10-9-15(2)19(11-17)33-4/h9-14,24H,8H2,1-7H3/b22-12-/t24-/m1/s1. The Morgan fingerprint density at radius 1 is 1.00 bits per heavy atom. The molecule has 0 aliphatic carbocycles. The topological polar surface area (TPSA) is 97.6 Å². The lowest BCUT2D eigenvalue weighted by molar-refractivity contribution is -0.139. The van der Waals surface area contributed by atoms with Gasteiger partial charge in [-0.05, 0) is 61.7 Å². The number of esters is 1. The van der Waals surface area contributed by atoms with E-state index < -0.39 is 12.0 Å². The van der Waals surface area contributed by atoms with Crippen molar-refractivity contribution in [3.63, 3.8) is 0 Å². The van der Waals surface area contributed by atoms with E-state index in [4.69, 9.17) is 23.7 Å². The van der Waals surface area contributed by atoms with Crippen LogP contribution in [0.2, 0.25) is 0 Å². The Balaban J connectivity index is 2.00. The van der Waals surface area contributed by atoms with Crippen molar-refractivity contribution in [1.29, 1.82) is 0 Å². The number of aryl methyl sites for hydroxylation is 1. The van der Waals surface area contributed by atoms with E-state index >= 15 is 0 Å². The van der Waals surface area contributed by atoms with Crippen LogP contribution in [0.1, 0.15) is 36.6 Å². The number of benzene rings is 2. The van der Waals surface area contributed by atoms with Crippen LogP contribution in [-0.4, -0.2) is 45.6 Å². The predicted molar refractivity (Wildman–Crippen MR) is 144 cm³/mol. The molecule has 1 aliphatic heterocycles. The molecule has 9 nitrogen and oxygen atoms in total. The molecule has 200 valence electrons. The van der Waals surface area contributed by atoms with Gasteiger partial charge in [0.2, 0.25) is 5.75 Å². The second-order valence-corrected chi connectivity index (χ2v) is 9.50. The molecule has 0 spiro atoms. The van der Waals surface area contributed by atoms with E-state index in [1.54, 1.807) is 39.2 Å². The van der Waals surface area contributed by atoms with Crippen LogP contribution in [0.15, 0.2) is 51.4 Å². The highest BCUT2D eigenvalue weighted by Crippen LogP contribution is 2.42. The number of hydrogen-bond acceptors (Lipinski definition) is 9. The molecule has 2 aromatic carbocycles. The third kappa shape index (κ3) is 4.79. The zero-order chi connectivity index (χ0) is 27.6. The maximum atomic E-state index is 13.9. The highest BCUT2D eigenvalue weighted by atomic mass is 32.1. The van der Waals surface area contributed by atoms with Gasteiger partial charge in [-0.1, -0.05) is 23.5 Å². The van der Waals surface area contributed by atoms with Gasteiger partial charge in [0.1, 0.15) is 5.75 Å². The van der Waals surface area contributed by atoms with Crippen LogP contribution in [0.4, 0.5) is 0 Å². The number of ether oxygens (including phenoxy) is 5. The summed E-state index contributed by atoms with van der Waals surface area (Å²) in [5.41, 5.74) is 2.82. The highest BCUT2D eigenvalue weighted by Gasteiger charge is 2.34. The van der Waals surface area contributed by atoms with Crippen LogP contribution in [0, 0.1) is 6.92 Å². The third-order valence-corrected chi connectivity index (χ3v) is 7.23. The Morgan fingerprint density at radius 3 is 2.24 bits per heavy atom. The second kappa shape index (κ2) is 11.1. The molecule has 38 heavy (non-hydrogen) atoms. The summed E-state index contributed by atoms with van der Waals surface area (Å²) in [6.07, 6.45) is 1.79. The first-order valence-electron chi connectivity index (χ1n) is 11.9. The number of carbonyl (C=O) groups excluding carboxylic acids is 1. The lowest BCUT2D eigenvalue weighted by atomic mass is 9.95. The van der Waals surface area contributed by atoms with Crippen molar-refractivity contribution in [2.45, 2.75) is 26.8 Å². The number of allylic oxidation sites excluding steroid dienone is 1. The van der Waals surface area contributed by atoms with Gasteiger partial charge in [-0.2, -0.15) is 0 Å². The zero-order valence-corrected chi connectivity index (χ0v) is 23.2. The summed E-state index contributed by atoms with van der Waals surface area (Å²) in [4.78, 5) is 32.1. The Hall–Kier alpha value is -4.05. The van der Waals surface area contributed by atoms with Crippen molar-refractivity contribution in [3.05, 3.63) is 78.0 Å². The molecule has 2 heterocycles. The van der Waals surface area contributed by atoms with Crippen LogP contribution in [-0.2, 0) is 9.53 Å². The molecule has 0 amide bonds. The molecule has 1 aromatic heterocycles. The quantitative estimate of drug-likeness (QED) is 0.407. The van der Waals surface area contributed by atoms with Crippen LogP contribution >= 0.6 is 11.3 Å². The maximum absolute atomic E-state index is 13.9. The van der Waals surface area contributed by atoms with Crippen molar-refractivity contribution >= 4 is 23.4 Å². The molecule has 0 saturated carbocycles. The molecule has 3 aromatic rings. The number of hydrogen-bond donors (Lipinski definition) is 0. The number of nitrogens with zero attached hydrogens (tertiary/aromatic N) is 2. The molecule has 10 heteroatoms. The lowest BCUT2D eigenvalue weighted by Crippen LogP contribution is -2.40. The molecule has 0 unspecified atom stereocenters. The van der Waals surface area contributed by atoms with Crippen molar-refractivity contribution in [2.75, 3.05) is 35.0 Å². The van der Waals surface area contributed by atoms with E-state index in [0.717, 1.165) is 16.9 Å². The van der Waals surface area contributed by atoms with Crippen LogP contribution in [0.3, 0.4) is 0 Å². The SMILES string of the molecule is CCOC(=O)C1=C(C)N=c2s/c(=C\c3ccc(C)c(OC)c3)c(=O)n2[C@@H]1c1cc(OC)c(OC)c(OC)c1. The van der Waals surface area contributed by atoms with E-state index in [1.807, 2.05) is 25.1 Å². The summed E-state index contributed by atoms with van der Waals surface area (Å²) >= 11 is 1.25. The largest absolute Gasteiger partial charge is 0.496 e. The van der Waals surface area contributed by atoms with Crippen molar-refractivity contribution in [1.82, 2.24) is 4.57 Å². The average molecular weight is 539 g/mol. The summed E-state index contributed by atoms with van der Waals surface area (Å²) in [6, 6.07) is 8.36. The van der Waals surface area contributed by atoms with Gasteiger partial charge in [-0.25, -0.2) is 9.79 Å². The smallest absolute Gasteiger partial charge is 0.338 e. The second-order valence-electron chi connectivity index (χ2n) is 8.49. The Bertz CT molecular complexity index is 1580. The van der Waals surface area contributed by atoms with Gasteiger partial charge in [-0.3, -0.25) is 9.36 Å². The minimum Gasteiger partial charge on any atom is -0.496 e. The van der Waals surface area contributed by atoms with E-state index in [-0.39, 0.29) is 17.7 Å². The van der Waals surface area contributed by atoms with Crippen molar-refractivity contribution in [3.8, 4) is 23.0 Å². The number of methoxy groups -OCH3 is 4. The predicted octanol–water partition coefficient (Wildman–Crippen LogP) is 3.14. The number of rotatable bonds is 8. The van der Waals surface area contributed by atoms with E-state index in [9.17, 15) is 9.59 Å². The molecule has 0 saturated heterocycles. The molecule has 4 rings (SSSR count). The fourth-order valence-electron chi connectivity index (χ4n) is 4.44. The highest BCUT2D eigenvalue weighted by molar-refractivity contribution is 7.07. The molecular formula is C28H30N2O7S. The molecule has 0 N–H and O–H groups in total.